The van der Waals surface area contributed by atoms with Crippen LogP contribution in [0, 0.1) is 28.6 Å². The highest BCUT2D eigenvalue weighted by Crippen LogP contribution is 2.31. The summed E-state index contributed by atoms with van der Waals surface area (Å²) in [6.45, 7) is 17.9. The molecule has 0 unspecified atom stereocenters. The summed E-state index contributed by atoms with van der Waals surface area (Å²) >= 11 is 0. The summed E-state index contributed by atoms with van der Waals surface area (Å²) in [5.41, 5.74) is 12.0. The first-order valence-electron chi connectivity index (χ1n) is 29.3. The molecule has 4 rings (SSSR count). The molecule has 20 heteroatoms. The van der Waals surface area contributed by atoms with Crippen molar-refractivity contribution in [1.29, 1.82) is 0 Å². The molecule has 0 radical (unpaired) electrons. The average molecular weight is 1180 g/mol. The van der Waals surface area contributed by atoms with E-state index in [4.69, 9.17) is 43.6 Å². The number of esters is 2. The lowest BCUT2D eigenvalue weighted by atomic mass is 9.78. The number of carbonyl (C=O) groups excluding carboxylic acids is 6. The van der Waals surface area contributed by atoms with Crippen molar-refractivity contribution in [1.82, 2.24) is 26.1 Å². The zero-order valence-electron chi connectivity index (χ0n) is 51.6. The SMILES string of the molecule is COCCOCCOCCOCCOCCOC(=O)N[C@H](C(=O)C[C@@H](Cc1ccccc1)[C@H](CN(Cc1ccc(-c2ccccn2)cc1)NC(=O)[C@@H](CC(=O)OC)C(C)(C)C)OC(=O)[C@H](CC(C)C)NC(=O)[C@@H](N)Cc1ccccc1)C(C)(C)C. The fraction of sp³-hybridized carbons (Fsp3) is 0.554. The molecule has 0 aliphatic heterocycles. The summed E-state index contributed by atoms with van der Waals surface area (Å²) < 4.78 is 44.3. The van der Waals surface area contributed by atoms with Crippen LogP contribution in [0.4, 0.5) is 4.79 Å². The van der Waals surface area contributed by atoms with Gasteiger partial charge in [0.2, 0.25) is 11.8 Å². The van der Waals surface area contributed by atoms with Crippen LogP contribution >= 0.6 is 0 Å². The molecule has 0 saturated carbocycles. The maximum atomic E-state index is 15.1. The number of benzene rings is 3. The van der Waals surface area contributed by atoms with Crippen LogP contribution in [-0.2, 0) is 81.3 Å². The quantitative estimate of drug-likeness (QED) is 0.0146. The molecule has 0 fully saturated rings. The van der Waals surface area contributed by atoms with Crippen molar-refractivity contribution < 1.29 is 66.7 Å². The number of methoxy groups -OCH3 is 2. The number of alkyl carbamates (subject to hydrolysis) is 1. The Kier molecular flexibility index (Phi) is 31.4. The lowest BCUT2D eigenvalue weighted by Crippen LogP contribution is -2.54. The van der Waals surface area contributed by atoms with Crippen LogP contribution in [0.15, 0.2) is 109 Å². The molecule has 4 aromatic rings. The van der Waals surface area contributed by atoms with Crippen molar-refractivity contribution in [2.75, 3.05) is 86.8 Å². The molecule has 1 aromatic heterocycles. The van der Waals surface area contributed by atoms with E-state index in [1.165, 1.54) is 7.11 Å². The van der Waals surface area contributed by atoms with Gasteiger partial charge in [-0.15, -0.1) is 0 Å². The molecule has 0 bridgehead atoms. The fourth-order valence-corrected chi connectivity index (χ4v) is 9.28. The minimum absolute atomic E-state index is 0.0695. The fourth-order valence-electron chi connectivity index (χ4n) is 9.28. The van der Waals surface area contributed by atoms with Crippen molar-refractivity contribution in [3.05, 3.63) is 126 Å². The second kappa shape index (κ2) is 37.7. The topological polar surface area (TPSA) is 254 Å². The van der Waals surface area contributed by atoms with Crippen LogP contribution in [0.1, 0.15) is 91.3 Å². The van der Waals surface area contributed by atoms with Gasteiger partial charge < -0.3 is 54.3 Å². The first-order chi connectivity index (χ1) is 40.6. The van der Waals surface area contributed by atoms with Gasteiger partial charge in [0.1, 0.15) is 18.8 Å². The molecule has 0 aliphatic rings. The third-order valence-corrected chi connectivity index (χ3v) is 13.9. The molecule has 6 atom stereocenters. The summed E-state index contributed by atoms with van der Waals surface area (Å²) in [4.78, 5) is 89.8. The number of amides is 3. The van der Waals surface area contributed by atoms with Crippen molar-refractivity contribution >= 4 is 35.6 Å². The predicted octanol–water partition coefficient (Wildman–Crippen LogP) is 7.49. The Morgan fingerprint density at radius 3 is 1.68 bits per heavy atom. The maximum Gasteiger partial charge on any atom is 0.407 e. The van der Waals surface area contributed by atoms with Crippen molar-refractivity contribution in [2.45, 2.75) is 118 Å². The summed E-state index contributed by atoms with van der Waals surface area (Å²) in [6.07, 6.45) is -0.171. The molecule has 0 saturated heterocycles. The summed E-state index contributed by atoms with van der Waals surface area (Å²) in [6, 6.07) is 28.7. The van der Waals surface area contributed by atoms with Gasteiger partial charge >= 0.3 is 18.0 Å². The molecule has 3 aromatic carbocycles. The second-order valence-electron chi connectivity index (χ2n) is 23.6. The smallest absolute Gasteiger partial charge is 0.407 e. The zero-order valence-corrected chi connectivity index (χ0v) is 51.6. The van der Waals surface area contributed by atoms with E-state index in [1.807, 2.05) is 159 Å². The normalized spacial score (nSPS) is 13.9. The van der Waals surface area contributed by atoms with Crippen LogP contribution in [0.2, 0.25) is 0 Å². The Balaban J connectivity index is 1.69. The zero-order chi connectivity index (χ0) is 62.2. The van der Waals surface area contributed by atoms with Crippen molar-refractivity contribution in [3.8, 4) is 11.3 Å². The van der Waals surface area contributed by atoms with E-state index in [1.54, 1.807) is 18.3 Å². The van der Waals surface area contributed by atoms with Gasteiger partial charge in [-0.05, 0) is 64.8 Å². The van der Waals surface area contributed by atoms with Crippen LogP contribution in [0.3, 0.4) is 0 Å². The number of hydrogen-bond acceptors (Lipinski definition) is 17. The number of ketones is 1. The lowest BCUT2D eigenvalue weighted by Gasteiger charge is -2.37. The molecule has 1 heterocycles. The highest BCUT2D eigenvalue weighted by molar-refractivity contribution is 5.89. The van der Waals surface area contributed by atoms with E-state index in [0.29, 0.717) is 46.2 Å². The predicted molar refractivity (Wildman–Crippen MR) is 323 cm³/mol. The Morgan fingerprint density at radius 1 is 0.612 bits per heavy atom. The van der Waals surface area contributed by atoms with Gasteiger partial charge in [-0.25, -0.2) is 14.6 Å². The highest BCUT2D eigenvalue weighted by atomic mass is 16.6. The van der Waals surface area contributed by atoms with Gasteiger partial charge in [0, 0.05) is 37.8 Å². The third kappa shape index (κ3) is 27.5. The van der Waals surface area contributed by atoms with Gasteiger partial charge in [0.25, 0.3) is 0 Å². The highest BCUT2D eigenvalue weighted by Gasteiger charge is 2.40. The summed E-state index contributed by atoms with van der Waals surface area (Å²) in [7, 11) is 2.88. The number of hydrogen-bond donors (Lipinski definition) is 4. The number of rotatable bonds is 39. The molecule has 85 heavy (non-hydrogen) atoms. The number of pyridine rings is 1. The number of Topliss-reactive ketones (excluding diaryl/α,β-unsaturated/α-hetero) is 1. The summed E-state index contributed by atoms with van der Waals surface area (Å²) in [5, 5.41) is 7.32. The van der Waals surface area contributed by atoms with E-state index < -0.39 is 76.7 Å². The van der Waals surface area contributed by atoms with Gasteiger partial charge in [-0.3, -0.25) is 29.6 Å². The Labute approximate surface area is 503 Å². The van der Waals surface area contributed by atoms with E-state index in [0.717, 1.165) is 27.9 Å². The first kappa shape index (κ1) is 70.8. The van der Waals surface area contributed by atoms with Gasteiger partial charge in [-0.2, -0.15) is 0 Å². The first-order valence-corrected chi connectivity index (χ1v) is 29.3. The second-order valence-corrected chi connectivity index (χ2v) is 23.6. The summed E-state index contributed by atoms with van der Waals surface area (Å²) in [5.74, 6) is -4.58. The number of hydrazine groups is 1. The number of ether oxygens (including phenoxy) is 8. The van der Waals surface area contributed by atoms with E-state index in [-0.39, 0.29) is 76.7 Å². The Hall–Kier alpha value is -6.65. The van der Waals surface area contributed by atoms with Crippen LogP contribution in [0.25, 0.3) is 11.3 Å². The van der Waals surface area contributed by atoms with Crippen molar-refractivity contribution in [2.24, 2.45) is 34.3 Å². The number of aromatic nitrogens is 1. The number of nitrogens with two attached hydrogens (primary N) is 1. The van der Waals surface area contributed by atoms with Gasteiger partial charge in [-0.1, -0.05) is 146 Å². The molecule has 5 N–H and O–H groups in total. The van der Waals surface area contributed by atoms with Gasteiger partial charge in [0.05, 0.1) is 103 Å². The lowest BCUT2D eigenvalue weighted by molar-refractivity contribution is -0.160. The van der Waals surface area contributed by atoms with E-state index in [2.05, 4.69) is 21.0 Å². The van der Waals surface area contributed by atoms with Gasteiger partial charge in [0.15, 0.2) is 5.78 Å². The standard InChI is InChI=1S/C65H94N6O14/c1-46(2)39-55(68-61(75)53(66)41-48-21-15-12-16-22-48)62(76)85-57(45-71(70-60(74)52(64(3,4)5)43-58(73)79-10)44-49-24-26-50(27-25-49)54-23-17-18-28-67-54)51(40-47-19-13-11-14-20-47)42-56(72)59(65(6,7)8)69-63(77)84-38-37-83-36-35-82-34-33-81-32-31-80-30-29-78-9/h11-28,46,51-53,55,57,59H,29-45,66H2,1-10H3,(H,68,75)(H,69,77)(H,70,74)/t51-,52-,53+,55+,57+,59-/m1/s1. The number of nitrogens with one attached hydrogen (secondary N) is 3. The van der Waals surface area contributed by atoms with E-state index >= 15 is 9.59 Å². The molecule has 0 spiro atoms. The minimum Gasteiger partial charge on any atom is -0.469 e. The molecular formula is C65H94N6O14. The maximum absolute atomic E-state index is 15.1. The largest absolute Gasteiger partial charge is 0.469 e. The van der Waals surface area contributed by atoms with Crippen LogP contribution in [0.5, 0.6) is 0 Å². The Morgan fingerprint density at radius 2 is 1.16 bits per heavy atom. The number of carbonyl (C=O) groups is 6. The van der Waals surface area contributed by atoms with Crippen LogP contribution in [-0.4, -0.2) is 157 Å². The average Bonchev–Trinajstić information content (AvgIpc) is 3.67. The minimum atomic E-state index is -1.19. The monoisotopic (exact) mass is 1180 g/mol. The number of nitrogens with zero attached hydrogens (tertiary/aromatic N) is 2. The van der Waals surface area contributed by atoms with Crippen LogP contribution < -0.4 is 21.8 Å². The molecule has 0 aliphatic carbocycles. The van der Waals surface area contributed by atoms with Crippen molar-refractivity contribution in [3.63, 3.8) is 0 Å². The third-order valence-electron chi connectivity index (χ3n) is 13.9. The van der Waals surface area contributed by atoms with E-state index in [9.17, 15) is 19.2 Å². The Bertz CT molecular complexity index is 2580. The molecule has 468 valence electrons. The molecular weight excluding hydrogens is 1090 g/mol. The molecule has 3 amide bonds. The molecule has 20 nitrogen and oxygen atoms in total.